The van der Waals surface area contributed by atoms with Crippen LogP contribution in [0.2, 0.25) is 0 Å². The van der Waals surface area contributed by atoms with Gasteiger partial charge < -0.3 is 14.6 Å². The summed E-state index contributed by atoms with van der Waals surface area (Å²) in [5.74, 6) is 1.49. The maximum atomic E-state index is 13.1. The zero-order valence-electron chi connectivity index (χ0n) is 17.6. The number of carbonyl (C=O) groups excluding carboxylic acids is 1. The second-order valence-electron chi connectivity index (χ2n) is 7.39. The van der Waals surface area contributed by atoms with E-state index in [1.165, 1.54) is 0 Å². The number of aryl methyl sites for hydroxylation is 1. The highest BCUT2D eigenvalue weighted by atomic mass is 16.5. The number of aromatic hydroxyl groups is 1. The zero-order chi connectivity index (χ0) is 21.0. The van der Waals surface area contributed by atoms with Crippen LogP contribution in [0.3, 0.4) is 0 Å². The maximum absolute atomic E-state index is 13.1. The number of allylic oxidation sites excluding steroid dienone is 1. The van der Waals surface area contributed by atoms with Crippen LogP contribution in [0.5, 0.6) is 17.2 Å². The molecule has 0 unspecified atom stereocenters. The van der Waals surface area contributed by atoms with E-state index in [0.29, 0.717) is 29.2 Å². The van der Waals surface area contributed by atoms with Gasteiger partial charge in [0.25, 0.3) is 0 Å². The summed E-state index contributed by atoms with van der Waals surface area (Å²) in [4.78, 5) is 15.3. The van der Waals surface area contributed by atoms with Crippen molar-refractivity contribution in [3.05, 3.63) is 58.3 Å². The van der Waals surface area contributed by atoms with E-state index in [0.717, 1.165) is 37.1 Å². The van der Waals surface area contributed by atoms with Gasteiger partial charge in [-0.3, -0.25) is 9.69 Å². The predicted molar refractivity (Wildman–Crippen MR) is 115 cm³/mol. The molecule has 0 saturated carbocycles. The van der Waals surface area contributed by atoms with Crippen LogP contribution in [-0.4, -0.2) is 36.0 Å². The SMILES string of the molecule is CCCN(CCC)Cc1c(O)cc(C)c2c1O/C(=C/c1cccc(OC)c1)C2=O. The van der Waals surface area contributed by atoms with E-state index in [1.807, 2.05) is 31.2 Å². The Hall–Kier alpha value is -2.79. The molecule has 5 nitrogen and oxygen atoms in total. The summed E-state index contributed by atoms with van der Waals surface area (Å²) in [7, 11) is 1.61. The van der Waals surface area contributed by atoms with Gasteiger partial charge in [-0.05, 0) is 68.3 Å². The minimum Gasteiger partial charge on any atom is -0.507 e. The first-order valence-corrected chi connectivity index (χ1v) is 10.1. The first kappa shape index (κ1) is 20.9. The largest absolute Gasteiger partial charge is 0.507 e. The lowest BCUT2D eigenvalue weighted by Crippen LogP contribution is -2.25. The van der Waals surface area contributed by atoms with Crippen LogP contribution in [0.4, 0.5) is 0 Å². The van der Waals surface area contributed by atoms with E-state index >= 15 is 0 Å². The summed E-state index contributed by atoms with van der Waals surface area (Å²) >= 11 is 0. The monoisotopic (exact) mass is 395 g/mol. The van der Waals surface area contributed by atoms with Crippen LogP contribution < -0.4 is 9.47 Å². The van der Waals surface area contributed by atoms with E-state index in [4.69, 9.17) is 9.47 Å². The van der Waals surface area contributed by atoms with E-state index < -0.39 is 0 Å². The fourth-order valence-electron chi connectivity index (χ4n) is 3.74. The van der Waals surface area contributed by atoms with Crippen molar-refractivity contribution in [3.63, 3.8) is 0 Å². The Labute approximate surface area is 172 Å². The Kier molecular flexibility index (Phi) is 6.60. The molecule has 154 valence electrons. The summed E-state index contributed by atoms with van der Waals surface area (Å²) in [6, 6.07) is 9.13. The number of hydrogen-bond acceptors (Lipinski definition) is 5. The number of fused-ring (bicyclic) bond motifs is 1. The number of benzene rings is 2. The van der Waals surface area contributed by atoms with Gasteiger partial charge in [-0.25, -0.2) is 0 Å². The van der Waals surface area contributed by atoms with Gasteiger partial charge in [0.15, 0.2) is 5.76 Å². The van der Waals surface area contributed by atoms with Gasteiger partial charge in [-0.1, -0.05) is 26.0 Å². The lowest BCUT2D eigenvalue weighted by atomic mass is 9.99. The third-order valence-electron chi connectivity index (χ3n) is 5.07. The fourth-order valence-corrected chi connectivity index (χ4v) is 3.74. The van der Waals surface area contributed by atoms with E-state index in [1.54, 1.807) is 19.3 Å². The van der Waals surface area contributed by atoms with Crippen molar-refractivity contribution in [2.24, 2.45) is 0 Å². The Morgan fingerprint density at radius 1 is 1.17 bits per heavy atom. The Morgan fingerprint density at radius 3 is 2.55 bits per heavy atom. The molecule has 0 fully saturated rings. The summed E-state index contributed by atoms with van der Waals surface area (Å²) in [6.45, 7) is 8.50. The van der Waals surface area contributed by atoms with Crippen molar-refractivity contribution in [3.8, 4) is 17.2 Å². The Morgan fingerprint density at radius 2 is 1.90 bits per heavy atom. The van der Waals surface area contributed by atoms with Crippen molar-refractivity contribution in [1.82, 2.24) is 4.90 Å². The molecule has 1 aliphatic heterocycles. The molecule has 0 spiro atoms. The highest BCUT2D eigenvalue weighted by Gasteiger charge is 2.33. The highest BCUT2D eigenvalue weighted by Crippen LogP contribution is 2.42. The lowest BCUT2D eigenvalue weighted by Gasteiger charge is -2.22. The van der Waals surface area contributed by atoms with Crippen molar-refractivity contribution in [1.29, 1.82) is 0 Å². The van der Waals surface area contributed by atoms with Gasteiger partial charge >= 0.3 is 0 Å². The smallest absolute Gasteiger partial charge is 0.232 e. The molecular formula is C24H29NO4. The van der Waals surface area contributed by atoms with Gasteiger partial charge in [0.1, 0.15) is 17.2 Å². The predicted octanol–water partition coefficient (Wildman–Crippen LogP) is 4.95. The number of ether oxygens (including phenoxy) is 2. The van der Waals surface area contributed by atoms with E-state index in [9.17, 15) is 9.90 Å². The molecule has 0 aliphatic carbocycles. The van der Waals surface area contributed by atoms with Gasteiger partial charge in [-0.15, -0.1) is 0 Å². The van der Waals surface area contributed by atoms with E-state index in [-0.39, 0.29) is 17.3 Å². The number of carbonyl (C=O) groups is 1. The van der Waals surface area contributed by atoms with Crippen molar-refractivity contribution in [2.45, 2.75) is 40.2 Å². The molecule has 0 atom stereocenters. The van der Waals surface area contributed by atoms with Crippen LogP contribution in [-0.2, 0) is 6.54 Å². The number of ketones is 1. The number of phenolic OH excluding ortho intramolecular Hbond substituents is 1. The average Bonchev–Trinajstić information content (AvgIpc) is 3.02. The summed E-state index contributed by atoms with van der Waals surface area (Å²) in [5.41, 5.74) is 2.76. The van der Waals surface area contributed by atoms with Gasteiger partial charge in [0, 0.05) is 6.54 Å². The number of methoxy groups -OCH3 is 1. The Balaban J connectivity index is 1.99. The summed E-state index contributed by atoms with van der Waals surface area (Å²) in [6.07, 6.45) is 3.77. The average molecular weight is 395 g/mol. The molecule has 0 radical (unpaired) electrons. The minimum absolute atomic E-state index is 0.154. The van der Waals surface area contributed by atoms with Gasteiger partial charge in [0.2, 0.25) is 5.78 Å². The number of hydrogen-bond donors (Lipinski definition) is 1. The molecule has 3 rings (SSSR count). The molecule has 1 aliphatic rings. The summed E-state index contributed by atoms with van der Waals surface area (Å²) in [5, 5.41) is 10.6. The Bertz CT molecular complexity index is 927. The first-order valence-electron chi connectivity index (χ1n) is 10.1. The third kappa shape index (κ3) is 4.46. The zero-order valence-corrected chi connectivity index (χ0v) is 17.6. The highest BCUT2D eigenvalue weighted by molar-refractivity contribution is 6.15. The normalized spacial score (nSPS) is 14.4. The molecule has 0 amide bonds. The molecule has 0 bridgehead atoms. The molecule has 2 aromatic rings. The van der Waals surface area contributed by atoms with Crippen LogP contribution in [0, 0.1) is 6.92 Å². The quantitative estimate of drug-likeness (QED) is 0.641. The van der Waals surface area contributed by atoms with Gasteiger partial charge in [0.05, 0.1) is 18.2 Å². The minimum atomic E-state index is -0.154. The molecule has 1 N–H and O–H groups in total. The molecule has 2 aromatic carbocycles. The molecule has 1 heterocycles. The number of phenols is 1. The van der Waals surface area contributed by atoms with Crippen LogP contribution in [0.25, 0.3) is 6.08 Å². The molecule has 0 aromatic heterocycles. The first-order chi connectivity index (χ1) is 14.0. The van der Waals surface area contributed by atoms with Crippen molar-refractivity contribution < 1.29 is 19.4 Å². The third-order valence-corrected chi connectivity index (χ3v) is 5.07. The number of Topliss-reactive ketones (excluding diaryl/α,β-unsaturated/α-hetero) is 1. The topological polar surface area (TPSA) is 59.0 Å². The second kappa shape index (κ2) is 9.14. The van der Waals surface area contributed by atoms with Crippen LogP contribution in [0.1, 0.15) is 53.7 Å². The van der Waals surface area contributed by atoms with Crippen molar-refractivity contribution in [2.75, 3.05) is 20.2 Å². The number of rotatable bonds is 8. The van der Waals surface area contributed by atoms with Crippen LogP contribution >= 0.6 is 0 Å². The number of nitrogens with zero attached hydrogens (tertiary/aromatic N) is 1. The van der Waals surface area contributed by atoms with Crippen molar-refractivity contribution >= 4 is 11.9 Å². The molecule has 5 heteroatoms. The standard InChI is InChI=1S/C24H29NO4/c1-5-10-25(11-6-2)15-19-20(26)12-16(3)22-23(27)21(29-24(19)22)14-17-8-7-9-18(13-17)28-4/h7-9,12-14,26H,5-6,10-11,15H2,1-4H3/b21-14+. The molecule has 0 saturated heterocycles. The fraction of sp³-hybridized carbons (Fsp3) is 0.375. The van der Waals surface area contributed by atoms with Crippen LogP contribution in [0.15, 0.2) is 36.1 Å². The second-order valence-corrected chi connectivity index (χ2v) is 7.39. The summed E-state index contributed by atoms with van der Waals surface area (Å²) < 4.78 is 11.3. The molecular weight excluding hydrogens is 366 g/mol. The van der Waals surface area contributed by atoms with Gasteiger partial charge in [-0.2, -0.15) is 0 Å². The lowest BCUT2D eigenvalue weighted by molar-refractivity contribution is 0.101. The van der Waals surface area contributed by atoms with E-state index in [2.05, 4.69) is 18.7 Å². The maximum Gasteiger partial charge on any atom is 0.232 e. The molecule has 29 heavy (non-hydrogen) atoms.